The summed E-state index contributed by atoms with van der Waals surface area (Å²) in [5, 5.41) is 3.09. The Bertz CT molecular complexity index is 402. The van der Waals surface area contributed by atoms with E-state index < -0.39 is 0 Å². The molecule has 0 aromatic carbocycles. The second kappa shape index (κ2) is 6.36. The minimum atomic E-state index is 0.299. The van der Waals surface area contributed by atoms with E-state index in [4.69, 9.17) is 4.74 Å². The van der Waals surface area contributed by atoms with Crippen molar-refractivity contribution in [2.45, 2.75) is 12.6 Å². The van der Waals surface area contributed by atoms with E-state index in [1.54, 1.807) is 7.11 Å². The Hall–Kier alpha value is -0.850. The zero-order valence-corrected chi connectivity index (χ0v) is 12.0. The first-order valence-electron chi connectivity index (χ1n) is 6.07. The Morgan fingerprint density at radius 2 is 2.39 bits per heavy atom. The molecule has 1 unspecified atom stereocenters. The molecule has 1 atom stereocenters. The zero-order valence-electron chi connectivity index (χ0n) is 11.1. The van der Waals surface area contributed by atoms with Crippen molar-refractivity contribution in [3.05, 3.63) is 17.6 Å². The largest absolute Gasteiger partial charge is 0.378 e. The van der Waals surface area contributed by atoms with Crippen LogP contribution in [0, 0.1) is 0 Å². The third kappa shape index (κ3) is 3.13. The summed E-state index contributed by atoms with van der Waals surface area (Å²) in [6.45, 7) is 1.61. The van der Waals surface area contributed by atoms with Gasteiger partial charge in [-0.05, 0) is 7.05 Å². The molecule has 1 saturated heterocycles. The van der Waals surface area contributed by atoms with Crippen LogP contribution in [-0.2, 0) is 11.3 Å². The molecule has 100 valence electrons. The van der Waals surface area contributed by atoms with Gasteiger partial charge >= 0.3 is 0 Å². The minimum absolute atomic E-state index is 0.299. The highest BCUT2D eigenvalue weighted by Gasteiger charge is 2.24. The highest BCUT2D eigenvalue weighted by molar-refractivity contribution is 7.99. The monoisotopic (exact) mass is 268 g/mol. The van der Waals surface area contributed by atoms with Gasteiger partial charge in [0.1, 0.15) is 11.6 Å². The number of aromatic nitrogens is 2. The number of thioether (sulfide) groups is 1. The Balaban J connectivity index is 2.27. The smallest absolute Gasteiger partial charge is 0.149 e. The second-order valence-corrected chi connectivity index (χ2v) is 5.51. The summed E-state index contributed by atoms with van der Waals surface area (Å²) in [6.07, 6.45) is 0. The number of methoxy groups -OCH3 is 1. The van der Waals surface area contributed by atoms with Gasteiger partial charge in [-0.2, -0.15) is 11.8 Å². The van der Waals surface area contributed by atoms with Crippen molar-refractivity contribution in [1.82, 2.24) is 14.9 Å². The topological polar surface area (TPSA) is 50.3 Å². The molecule has 0 bridgehead atoms. The van der Waals surface area contributed by atoms with Crippen LogP contribution in [0.5, 0.6) is 0 Å². The van der Waals surface area contributed by atoms with Crippen molar-refractivity contribution in [3.63, 3.8) is 0 Å². The fourth-order valence-electron chi connectivity index (χ4n) is 1.98. The third-order valence-corrected chi connectivity index (χ3v) is 4.06. The SMILES string of the molecule is CNc1cc(COC)nc(C2CSCCN2C)n1. The molecule has 1 aromatic rings. The van der Waals surface area contributed by atoms with Crippen LogP contribution in [0.1, 0.15) is 17.6 Å². The van der Waals surface area contributed by atoms with Crippen LogP contribution in [0.4, 0.5) is 5.82 Å². The molecule has 2 heterocycles. The van der Waals surface area contributed by atoms with Crippen LogP contribution >= 0.6 is 11.8 Å². The first-order valence-corrected chi connectivity index (χ1v) is 7.22. The maximum atomic E-state index is 5.16. The molecular weight excluding hydrogens is 248 g/mol. The van der Waals surface area contributed by atoms with E-state index in [-0.39, 0.29) is 0 Å². The average molecular weight is 268 g/mol. The summed E-state index contributed by atoms with van der Waals surface area (Å²) in [5.41, 5.74) is 0.927. The van der Waals surface area contributed by atoms with Crippen LogP contribution in [0.25, 0.3) is 0 Å². The van der Waals surface area contributed by atoms with Gasteiger partial charge in [0.05, 0.1) is 18.3 Å². The maximum absolute atomic E-state index is 5.16. The number of hydrogen-bond donors (Lipinski definition) is 1. The van der Waals surface area contributed by atoms with Crippen LogP contribution < -0.4 is 5.32 Å². The molecule has 0 saturated carbocycles. The Morgan fingerprint density at radius 3 is 3.06 bits per heavy atom. The number of ether oxygens (including phenoxy) is 1. The van der Waals surface area contributed by atoms with E-state index in [0.29, 0.717) is 12.6 Å². The van der Waals surface area contributed by atoms with Crippen molar-refractivity contribution in [3.8, 4) is 0 Å². The van der Waals surface area contributed by atoms with E-state index >= 15 is 0 Å². The molecule has 1 aliphatic heterocycles. The first-order chi connectivity index (χ1) is 8.74. The standard InChI is InChI=1S/C12H20N4OS/c1-13-11-6-9(7-17-3)14-12(15-11)10-8-18-5-4-16(10)2/h6,10H,4-5,7-8H2,1-3H3,(H,13,14,15). The lowest BCUT2D eigenvalue weighted by Crippen LogP contribution is -2.34. The molecule has 1 N–H and O–H groups in total. The first kappa shape index (κ1) is 13.6. The number of anilines is 1. The molecular formula is C12H20N4OS. The molecule has 0 radical (unpaired) electrons. The second-order valence-electron chi connectivity index (χ2n) is 4.36. The van der Waals surface area contributed by atoms with E-state index in [0.717, 1.165) is 29.6 Å². The van der Waals surface area contributed by atoms with Crippen LogP contribution in [-0.4, -0.2) is 54.1 Å². The molecule has 1 aromatic heterocycles. The van der Waals surface area contributed by atoms with Gasteiger partial charge in [-0.1, -0.05) is 0 Å². The number of rotatable bonds is 4. The van der Waals surface area contributed by atoms with Gasteiger partial charge < -0.3 is 10.1 Å². The summed E-state index contributed by atoms with van der Waals surface area (Å²) < 4.78 is 5.16. The van der Waals surface area contributed by atoms with Crippen LogP contribution in [0.2, 0.25) is 0 Å². The van der Waals surface area contributed by atoms with Gasteiger partial charge in [0.2, 0.25) is 0 Å². The van der Waals surface area contributed by atoms with Gasteiger partial charge in [0.25, 0.3) is 0 Å². The summed E-state index contributed by atoms with van der Waals surface area (Å²) in [4.78, 5) is 11.5. The van der Waals surface area contributed by atoms with Gasteiger partial charge in [-0.25, -0.2) is 9.97 Å². The summed E-state index contributed by atoms with van der Waals surface area (Å²) in [5.74, 6) is 3.99. The normalized spacial score (nSPS) is 20.9. The Labute approximate surface area is 112 Å². The molecule has 18 heavy (non-hydrogen) atoms. The van der Waals surface area contributed by atoms with Gasteiger partial charge in [-0.3, -0.25) is 4.90 Å². The molecule has 1 aliphatic rings. The average Bonchev–Trinajstić information content (AvgIpc) is 2.39. The highest BCUT2D eigenvalue weighted by atomic mass is 32.2. The molecule has 5 nitrogen and oxygen atoms in total. The fourth-order valence-corrected chi connectivity index (χ4v) is 3.19. The van der Waals surface area contributed by atoms with E-state index in [1.807, 2.05) is 24.9 Å². The minimum Gasteiger partial charge on any atom is -0.378 e. The number of nitrogens with one attached hydrogen (secondary N) is 1. The van der Waals surface area contributed by atoms with Crippen molar-refractivity contribution in [2.75, 3.05) is 44.6 Å². The molecule has 0 spiro atoms. The maximum Gasteiger partial charge on any atom is 0.149 e. The molecule has 6 heteroatoms. The summed E-state index contributed by atoms with van der Waals surface area (Å²) in [6, 6.07) is 2.23. The van der Waals surface area contributed by atoms with Gasteiger partial charge in [-0.15, -0.1) is 0 Å². The lowest BCUT2D eigenvalue weighted by Gasteiger charge is -2.31. The number of nitrogens with zero attached hydrogens (tertiary/aromatic N) is 3. The van der Waals surface area contributed by atoms with E-state index in [1.165, 1.54) is 5.75 Å². The Morgan fingerprint density at radius 1 is 1.56 bits per heavy atom. The van der Waals surface area contributed by atoms with Crippen molar-refractivity contribution in [1.29, 1.82) is 0 Å². The predicted octanol–water partition coefficient (Wildman–Crippen LogP) is 1.38. The van der Waals surface area contributed by atoms with Crippen molar-refractivity contribution < 1.29 is 4.74 Å². The zero-order chi connectivity index (χ0) is 13.0. The molecule has 1 fully saturated rings. The summed E-state index contributed by atoms with van der Waals surface area (Å²) in [7, 11) is 5.70. The number of hydrogen-bond acceptors (Lipinski definition) is 6. The third-order valence-electron chi connectivity index (χ3n) is 3.04. The highest BCUT2D eigenvalue weighted by Crippen LogP contribution is 2.26. The molecule has 0 amide bonds. The lowest BCUT2D eigenvalue weighted by atomic mass is 10.2. The van der Waals surface area contributed by atoms with Crippen LogP contribution in [0.3, 0.4) is 0 Å². The van der Waals surface area contributed by atoms with E-state index in [9.17, 15) is 0 Å². The van der Waals surface area contributed by atoms with Crippen molar-refractivity contribution >= 4 is 17.6 Å². The summed E-state index contributed by atoms with van der Waals surface area (Å²) >= 11 is 1.96. The van der Waals surface area contributed by atoms with E-state index in [2.05, 4.69) is 27.2 Å². The quantitative estimate of drug-likeness (QED) is 0.890. The van der Waals surface area contributed by atoms with Gasteiger partial charge in [0, 0.05) is 38.3 Å². The van der Waals surface area contributed by atoms with Crippen LogP contribution in [0.15, 0.2) is 6.07 Å². The van der Waals surface area contributed by atoms with Gasteiger partial charge in [0.15, 0.2) is 0 Å². The van der Waals surface area contributed by atoms with Crippen molar-refractivity contribution in [2.24, 2.45) is 0 Å². The fraction of sp³-hybridized carbons (Fsp3) is 0.667. The predicted molar refractivity (Wildman–Crippen MR) is 75.0 cm³/mol. The lowest BCUT2D eigenvalue weighted by molar-refractivity contribution is 0.180. The molecule has 2 rings (SSSR count). The Kier molecular flexibility index (Phi) is 4.79. The molecule has 0 aliphatic carbocycles.